The summed E-state index contributed by atoms with van der Waals surface area (Å²) >= 11 is 0. The lowest BCUT2D eigenvalue weighted by Crippen LogP contribution is -2.23. The Morgan fingerprint density at radius 2 is 2.10 bits per heavy atom. The van der Waals surface area contributed by atoms with Gasteiger partial charge in [-0.1, -0.05) is 5.16 Å². The molecule has 0 aliphatic heterocycles. The molecule has 5 N–H and O–H groups in total. The largest absolute Gasteiger partial charge is 0.409 e. The third-order valence-corrected chi connectivity index (χ3v) is 2.68. The number of H-pyrrole nitrogens is 1. The van der Waals surface area contributed by atoms with Crippen LogP contribution in [0.2, 0.25) is 0 Å². The van der Waals surface area contributed by atoms with Crippen LogP contribution in [0.3, 0.4) is 0 Å². The van der Waals surface area contributed by atoms with Crippen LogP contribution in [-0.4, -0.2) is 21.9 Å². The topological polar surface area (TPSA) is 121 Å². The summed E-state index contributed by atoms with van der Waals surface area (Å²) in [4.78, 5) is 26.2. The van der Waals surface area contributed by atoms with Gasteiger partial charge in [0.05, 0.1) is 5.69 Å². The molecule has 21 heavy (non-hydrogen) atoms. The highest BCUT2D eigenvalue weighted by atomic mass is 19.1. The molecule has 0 atom stereocenters. The van der Waals surface area contributed by atoms with Crippen LogP contribution in [-0.2, 0) is 0 Å². The summed E-state index contributed by atoms with van der Waals surface area (Å²) in [5, 5.41) is 13.9. The number of nitrogens with two attached hydrogens (primary N) is 1. The number of carbonyl (C=O) groups excluding carboxylic acids is 1. The van der Waals surface area contributed by atoms with Gasteiger partial charge in [0.15, 0.2) is 11.3 Å². The maximum Gasteiger partial charge on any atom is 0.261 e. The third kappa shape index (κ3) is 3.06. The maximum atomic E-state index is 13.2. The molecule has 0 aliphatic carbocycles. The minimum absolute atomic E-state index is 0.00166. The summed E-state index contributed by atoms with van der Waals surface area (Å²) in [5.41, 5.74) is 4.94. The van der Waals surface area contributed by atoms with Crippen molar-refractivity contribution >= 4 is 17.4 Å². The molecule has 1 aromatic heterocycles. The van der Waals surface area contributed by atoms with Crippen molar-refractivity contribution in [3.8, 4) is 0 Å². The van der Waals surface area contributed by atoms with Crippen LogP contribution < -0.4 is 16.5 Å². The number of oxime groups is 1. The van der Waals surface area contributed by atoms with E-state index in [1.807, 2.05) is 0 Å². The first-order chi connectivity index (χ1) is 10.0. The molecule has 0 saturated heterocycles. The molecule has 0 radical (unpaired) electrons. The highest BCUT2D eigenvalue weighted by Crippen LogP contribution is 2.17. The Morgan fingerprint density at radius 1 is 1.33 bits per heavy atom. The number of hydrogen-bond acceptors (Lipinski definition) is 4. The summed E-state index contributed by atoms with van der Waals surface area (Å²) in [6.07, 6.45) is 2.63. The van der Waals surface area contributed by atoms with E-state index in [1.165, 1.54) is 24.5 Å². The predicted molar refractivity (Wildman–Crippen MR) is 73.9 cm³/mol. The summed E-state index contributed by atoms with van der Waals surface area (Å²) in [7, 11) is 0. The van der Waals surface area contributed by atoms with Crippen molar-refractivity contribution in [2.24, 2.45) is 10.9 Å². The molecule has 2 rings (SSSR count). The number of nitrogens with one attached hydrogen (secondary N) is 2. The maximum absolute atomic E-state index is 13.2. The van der Waals surface area contributed by atoms with Crippen LogP contribution >= 0.6 is 0 Å². The monoisotopic (exact) mass is 290 g/mol. The van der Waals surface area contributed by atoms with E-state index >= 15 is 0 Å². The zero-order valence-electron chi connectivity index (χ0n) is 10.6. The zero-order chi connectivity index (χ0) is 15.4. The molecule has 108 valence electrons. The van der Waals surface area contributed by atoms with E-state index in [0.717, 1.165) is 12.1 Å². The van der Waals surface area contributed by atoms with E-state index < -0.39 is 17.2 Å². The number of pyridine rings is 1. The minimum Gasteiger partial charge on any atom is -0.409 e. The van der Waals surface area contributed by atoms with Crippen molar-refractivity contribution in [3.63, 3.8) is 0 Å². The second-order valence-corrected chi connectivity index (χ2v) is 4.05. The average Bonchev–Trinajstić information content (AvgIpc) is 2.48. The minimum atomic E-state index is -0.699. The molecule has 0 unspecified atom stereocenters. The first-order valence-corrected chi connectivity index (χ1v) is 5.79. The van der Waals surface area contributed by atoms with Gasteiger partial charge in [0.1, 0.15) is 11.4 Å². The highest BCUT2D eigenvalue weighted by Gasteiger charge is 2.14. The quantitative estimate of drug-likeness (QED) is 0.290. The number of halogens is 1. The molecular weight excluding hydrogens is 279 g/mol. The summed E-state index contributed by atoms with van der Waals surface area (Å²) in [5.74, 6) is -1.69. The number of aromatic amines is 1. The van der Waals surface area contributed by atoms with Crippen LogP contribution in [0.15, 0.2) is 46.6 Å². The average molecular weight is 290 g/mol. The van der Waals surface area contributed by atoms with Crippen LogP contribution in [0.4, 0.5) is 10.1 Å². The molecule has 0 saturated carbocycles. The lowest BCUT2D eigenvalue weighted by Gasteiger charge is -2.10. The number of rotatable bonds is 3. The molecule has 1 heterocycles. The molecule has 0 fully saturated rings. The predicted octanol–water partition coefficient (Wildman–Crippen LogP) is 0.861. The lowest BCUT2D eigenvalue weighted by molar-refractivity contribution is 0.102. The first-order valence-electron chi connectivity index (χ1n) is 5.79. The van der Waals surface area contributed by atoms with Crippen LogP contribution in [0.5, 0.6) is 0 Å². The first kappa shape index (κ1) is 14.3. The molecule has 8 heteroatoms. The van der Waals surface area contributed by atoms with Crippen LogP contribution in [0.25, 0.3) is 0 Å². The summed E-state index contributed by atoms with van der Waals surface area (Å²) in [6.45, 7) is 0. The molecule has 0 aliphatic rings. The van der Waals surface area contributed by atoms with Gasteiger partial charge in [-0.15, -0.1) is 0 Å². The van der Waals surface area contributed by atoms with Gasteiger partial charge in [-0.25, -0.2) is 4.39 Å². The van der Waals surface area contributed by atoms with Gasteiger partial charge in [0.2, 0.25) is 0 Å². The van der Waals surface area contributed by atoms with Crippen LogP contribution in [0, 0.1) is 5.82 Å². The number of hydrogen-bond donors (Lipinski definition) is 4. The standard InChI is InChI=1S/C13H11FN4O3/c14-7-1-2-10(8(5-7)12(15)18-21)17-13(20)9-6-16-4-3-11(9)19/h1-6,21H,(H2,15,18)(H,16,19)(H,17,20). The Balaban J connectivity index is 2.38. The van der Waals surface area contributed by atoms with Gasteiger partial charge in [0, 0.05) is 24.0 Å². The third-order valence-electron chi connectivity index (χ3n) is 2.68. The molecule has 1 amide bonds. The number of carbonyl (C=O) groups is 1. The summed E-state index contributed by atoms with van der Waals surface area (Å²) in [6, 6.07) is 4.54. The molecule has 0 bridgehead atoms. The van der Waals surface area contributed by atoms with Gasteiger partial charge < -0.3 is 21.2 Å². The fraction of sp³-hybridized carbons (Fsp3) is 0. The smallest absolute Gasteiger partial charge is 0.261 e. The van der Waals surface area contributed by atoms with Gasteiger partial charge in [-0.05, 0) is 18.2 Å². The molecular formula is C13H11FN4O3. The number of nitrogens with zero attached hydrogens (tertiary/aromatic N) is 1. The van der Waals surface area contributed by atoms with Crippen molar-refractivity contribution in [2.75, 3.05) is 5.32 Å². The number of anilines is 1. The number of benzene rings is 1. The Hall–Kier alpha value is -3.16. The summed E-state index contributed by atoms with van der Waals surface area (Å²) < 4.78 is 13.2. The molecule has 1 aromatic carbocycles. The van der Waals surface area contributed by atoms with Gasteiger partial charge in [-0.2, -0.15) is 0 Å². The number of aromatic nitrogens is 1. The Labute approximate surface area is 117 Å². The van der Waals surface area contributed by atoms with E-state index in [9.17, 15) is 14.0 Å². The molecule has 2 aromatic rings. The zero-order valence-corrected chi connectivity index (χ0v) is 10.6. The van der Waals surface area contributed by atoms with E-state index in [4.69, 9.17) is 10.9 Å². The van der Waals surface area contributed by atoms with Gasteiger partial charge in [-0.3, -0.25) is 9.59 Å². The Bertz CT molecular complexity index is 770. The van der Waals surface area contributed by atoms with E-state index in [1.54, 1.807) is 0 Å². The number of amides is 1. The Kier molecular flexibility index (Phi) is 3.98. The second-order valence-electron chi connectivity index (χ2n) is 4.05. The van der Waals surface area contributed by atoms with E-state index in [2.05, 4.69) is 15.5 Å². The molecule has 0 spiro atoms. The van der Waals surface area contributed by atoms with Gasteiger partial charge >= 0.3 is 0 Å². The van der Waals surface area contributed by atoms with Crippen LogP contribution in [0.1, 0.15) is 15.9 Å². The number of amidine groups is 1. The van der Waals surface area contributed by atoms with Crippen molar-refractivity contribution in [1.82, 2.24) is 4.98 Å². The van der Waals surface area contributed by atoms with Crippen molar-refractivity contribution in [1.29, 1.82) is 0 Å². The second kappa shape index (κ2) is 5.87. The SMILES string of the molecule is N/C(=N/O)c1cc(F)ccc1NC(=O)c1c[nH]ccc1=O. The van der Waals surface area contributed by atoms with Crippen molar-refractivity contribution in [2.45, 2.75) is 0 Å². The van der Waals surface area contributed by atoms with E-state index in [-0.39, 0.29) is 22.6 Å². The normalized spacial score (nSPS) is 11.2. The van der Waals surface area contributed by atoms with Gasteiger partial charge in [0.25, 0.3) is 5.91 Å². The molecule has 7 nitrogen and oxygen atoms in total. The van der Waals surface area contributed by atoms with E-state index in [0.29, 0.717) is 0 Å². The fourth-order valence-corrected chi connectivity index (χ4v) is 1.67. The highest BCUT2D eigenvalue weighted by molar-refractivity contribution is 6.09. The fourth-order valence-electron chi connectivity index (χ4n) is 1.67. The van der Waals surface area contributed by atoms with Crippen molar-refractivity contribution < 1.29 is 14.4 Å². The van der Waals surface area contributed by atoms with Crippen molar-refractivity contribution in [3.05, 3.63) is 63.8 Å². The Morgan fingerprint density at radius 3 is 2.76 bits per heavy atom. The lowest BCUT2D eigenvalue weighted by atomic mass is 10.1.